The van der Waals surface area contributed by atoms with Gasteiger partial charge in [0, 0.05) is 30.0 Å². The predicted octanol–water partition coefficient (Wildman–Crippen LogP) is 4.30. The molecule has 0 aliphatic heterocycles. The molecular formula is C20H14ClFN4O3. The highest BCUT2D eigenvalue weighted by Crippen LogP contribution is 2.28. The van der Waals surface area contributed by atoms with Crippen LogP contribution in [-0.2, 0) is 0 Å². The lowest BCUT2D eigenvalue weighted by atomic mass is 10.2. The minimum Gasteiger partial charge on any atom is -0.493 e. The molecular weight excluding hydrogens is 399 g/mol. The van der Waals surface area contributed by atoms with Crippen molar-refractivity contribution in [3.05, 3.63) is 77.3 Å². The van der Waals surface area contributed by atoms with Crippen molar-refractivity contribution in [2.24, 2.45) is 0 Å². The summed E-state index contributed by atoms with van der Waals surface area (Å²) in [6, 6.07) is 13.4. The normalized spacial score (nSPS) is 10.9. The lowest BCUT2D eigenvalue weighted by molar-refractivity contribution is 0.0985. The Morgan fingerprint density at radius 3 is 2.48 bits per heavy atom. The molecule has 2 heterocycles. The number of halogens is 2. The summed E-state index contributed by atoms with van der Waals surface area (Å²) in [5, 5.41) is 10.2. The molecule has 1 amide bonds. The van der Waals surface area contributed by atoms with E-state index in [0.717, 1.165) is 0 Å². The number of hydrogen-bond donors (Lipinski definition) is 1. The van der Waals surface area contributed by atoms with Crippen molar-refractivity contribution in [3.8, 4) is 17.5 Å². The number of imidazole rings is 1. The maximum Gasteiger partial charge on any atom is 0.280 e. The third-order valence-electron chi connectivity index (χ3n) is 4.20. The van der Waals surface area contributed by atoms with Crippen molar-refractivity contribution in [1.82, 2.24) is 14.4 Å². The third-order valence-corrected chi connectivity index (χ3v) is 4.45. The van der Waals surface area contributed by atoms with E-state index in [-0.39, 0.29) is 23.2 Å². The van der Waals surface area contributed by atoms with Crippen molar-refractivity contribution in [2.45, 2.75) is 0 Å². The van der Waals surface area contributed by atoms with E-state index in [4.69, 9.17) is 16.3 Å². The summed E-state index contributed by atoms with van der Waals surface area (Å²) >= 11 is 5.92. The Morgan fingerprint density at radius 2 is 1.79 bits per heavy atom. The van der Waals surface area contributed by atoms with Crippen LogP contribution in [0.15, 0.2) is 60.8 Å². The van der Waals surface area contributed by atoms with E-state index in [1.807, 2.05) is 0 Å². The van der Waals surface area contributed by atoms with Crippen molar-refractivity contribution < 1.29 is 19.0 Å². The van der Waals surface area contributed by atoms with E-state index >= 15 is 0 Å². The molecule has 9 heteroatoms. The van der Waals surface area contributed by atoms with Crippen molar-refractivity contribution in [1.29, 1.82) is 0 Å². The van der Waals surface area contributed by atoms with Crippen molar-refractivity contribution >= 4 is 29.0 Å². The monoisotopic (exact) mass is 412 g/mol. The average molecular weight is 413 g/mol. The molecule has 0 spiro atoms. The fourth-order valence-corrected chi connectivity index (χ4v) is 2.85. The van der Waals surface area contributed by atoms with Gasteiger partial charge in [0.25, 0.3) is 11.8 Å². The quantitative estimate of drug-likeness (QED) is 0.540. The molecule has 2 aromatic carbocycles. The van der Waals surface area contributed by atoms with Crippen LogP contribution in [0, 0.1) is 5.82 Å². The van der Waals surface area contributed by atoms with Gasteiger partial charge in [-0.3, -0.25) is 9.20 Å². The zero-order chi connectivity index (χ0) is 20.5. The second-order valence-corrected chi connectivity index (χ2v) is 6.55. The lowest BCUT2D eigenvalue weighted by Crippen LogP contribution is -2.27. The van der Waals surface area contributed by atoms with Crippen LogP contribution in [0.3, 0.4) is 0 Å². The van der Waals surface area contributed by atoms with Gasteiger partial charge in [-0.25, -0.2) is 4.39 Å². The van der Waals surface area contributed by atoms with E-state index < -0.39 is 11.7 Å². The van der Waals surface area contributed by atoms with Gasteiger partial charge in [0.15, 0.2) is 5.69 Å². The van der Waals surface area contributed by atoms with Crippen LogP contribution >= 0.6 is 11.6 Å². The molecule has 1 N–H and O–H groups in total. The number of fused-ring (bicyclic) bond motifs is 1. The molecule has 0 aliphatic rings. The highest BCUT2D eigenvalue weighted by atomic mass is 35.5. The zero-order valence-electron chi connectivity index (χ0n) is 15.1. The third kappa shape index (κ3) is 3.70. The van der Waals surface area contributed by atoms with Crippen LogP contribution in [0.5, 0.6) is 17.5 Å². The Balaban J connectivity index is 1.79. The number of ether oxygens (including phenoxy) is 1. The van der Waals surface area contributed by atoms with Gasteiger partial charge in [0.1, 0.15) is 11.6 Å². The molecule has 0 saturated carbocycles. The van der Waals surface area contributed by atoms with E-state index in [1.54, 1.807) is 31.3 Å². The molecule has 0 atom stereocenters. The second-order valence-electron chi connectivity index (χ2n) is 6.12. The highest BCUT2D eigenvalue weighted by molar-refractivity contribution is 6.30. The molecule has 29 heavy (non-hydrogen) atoms. The van der Waals surface area contributed by atoms with Crippen molar-refractivity contribution in [3.63, 3.8) is 0 Å². The maximum atomic E-state index is 13.3. The predicted molar refractivity (Wildman–Crippen MR) is 105 cm³/mol. The fourth-order valence-electron chi connectivity index (χ4n) is 2.72. The van der Waals surface area contributed by atoms with Gasteiger partial charge < -0.3 is 14.7 Å². The van der Waals surface area contributed by atoms with E-state index in [0.29, 0.717) is 16.5 Å². The number of hydrogen-bond acceptors (Lipinski definition) is 5. The van der Waals surface area contributed by atoms with E-state index in [2.05, 4.69) is 9.97 Å². The smallest absolute Gasteiger partial charge is 0.280 e. The Bertz CT molecular complexity index is 1190. The lowest BCUT2D eigenvalue weighted by Gasteiger charge is -2.17. The first-order valence-corrected chi connectivity index (χ1v) is 8.85. The average Bonchev–Trinajstić information content (AvgIpc) is 3.06. The molecule has 0 saturated heterocycles. The Kier molecular flexibility index (Phi) is 4.77. The number of carbonyl (C=O) groups excluding carboxylic acids is 1. The van der Waals surface area contributed by atoms with E-state index in [1.165, 1.54) is 45.8 Å². The van der Waals surface area contributed by atoms with Crippen LogP contribution in [0.1, 0.15) is 10.5 Å². The minimum atomic E-state index is -0.426. The van der Waals surface area contributed by atoms with Gasteiger partial charge >= 0.3 is 0 Å². The molecule has 0 fully saturated rings. The van der Waals surface area contributed by atoms with Crippen LogP contribution in [0.4, 0.5) is 10.1 Å². The van der Waals surface area contributed by atoms with Crippen molar-refractivity contribution in [2.75, 3.05) is 11.9 Å². The van der Waals surface area contributed by atoms with Crippen LogP contribution in [0.2, 0.25) is 5.02 Å². The standard InChI is InChI=1S/C20H14ClFN4O3/c1-25(14-6-2-12(21)3-7-14)19(28)17-18(29-15-8-4-13(22)5-9-15)24-20-23-16(27)10-11-26(17)20/h2-11H,1H3,(H,23,24,27). The molecule has 4 aromatic rings. The summed E-state index contributed by atoms with van der Waals surface area (Å²) in [6.45, 7) is 0. The van der Waals surface area contributed by atoms with Gasteiger partial charge in [-0.15, -0.1) is 0 Å². The first-order valence-electron chi connectivity index (χ1n) is 8.47. The topological polar surface area (TPSA) is 80.0 Å². The molecule has 4 rings (SSSR count). The number of aromatic nitrogens is 3. The van der Waals surface area contributed by atoms with Crippen LogP contribution in [-0.4, -0.2) is 32.4 Å². The molecule has 0 radical (unpaired) electrons. The van der Waals surface area contributed by atoms with Crippen LogP contribution in [0.25, 0.3) is 5.78 Å². The van der Waals surface area contributed by atoms with Gasteiger partial charge in [-0.05, 0) is 48.5 Å². The second kappa shape index (κ2) is 7.40. The minimum absolute atomic E-state index is 0.0273. The van der Waals surface area contributed by atoms with Gasteiger partial charge in [0.05, 0.1) is 0 Å². The summed E-state index contributed by atoms with van der Waals surface area (Å²) < 4.78 is 20.3. The summed E-state index contributed by atoms with van der Waals surface area (Å²) in [4.78, 5) is 22.8. The summed E-state index contributed by atoms with van der Waals surface area (Å²) in [7, 11) is 1.60. The maximum absolute atomic E-state index is 13.3. The van der Waals surface area contributed by atoms with Crippen LogP contribution < -0.4 is 9.64 Å². The SMILES string of the molecule is CN(C(=O)c1c(Oc2ccc(F)cc2)nc2nc(O)ccn12)c1ccc(Cl)cc1. The van der Waals surface area contributed by atoms with E-state index in [9.17, 15) is 14.3 Å². The summed E-state index contributed by atoms with van der Waals surface area (Å²) in [5.74, 6) is -0.749. The first kappa shape index (κ1) is 18.7. The number of amides is 1. The molecule has 146 valence electrons. The zero-order valence-corrected chi connectivity index (χ0v) is 15.8. The molecule has 2 aromatic heterocycles. The van der Waals surface area contributed by atoms with Gasteiger partial charge in [-0.2, -0.15) is 9.97 Å². The van der Waals surface area contributed by atoms with Gasteiger partial charge in [0.2, 0.25) is 11.7 Å². The highest BCUT2D eigenvalue weighted by Gasteiger charge is 2.26. The Labute approximate surface area is 169 Å². The molecule has 0 aliphatic carbocycles. The number of nitrogens with zero attached hydrogens (tertiary/aromatic N) is 4. The summed E-state index contributed by atoms with van der Waals surface area (Å²) in [6.07, 6.45) is 1.46. The fraction of sp³-hybridized carbons (Fsp3) is 0.0500. The number of aromatic hydroxyl groups is 1. The first-order chi connectivity index (χ1) is 13.9. The molecule has 7 nitrogen and oxygen atoms in total. The molecule has 0 unspecified atom stereocenters. The Morgan fingerprint density at radius 1 is 1.10 bits per heavy atom. The van der Waals surface area contributed by atoms with Gasteiger partial charge in [-0.1, -0.05) is 11.6 Å². The molecule has 0 bridgehead atoms. The summed E-state index contributed by atoms with van der Waals surface area (Å²) in [5.41, 5.74) is 0.697. The largest absolute Gasteiger partial charge is 0.493 e. The Hall–Kier alpha value is -3.65. The number of benzene rings is 2. The number of rotatable bonds is 4. The number of carbonyl (C=O) groups is 1. The number of anilines is 1.